The highest BCUT2D eigenvalue weighted by Crippen LogP contribution is 2.40. The highest BCUT2D eigenvalue weighted by molar-refractivity contribution is 4.81. The number of hydrogen-bond acceptors (Lipinski definition) is 0. The van der Waals surface area contributed by atoms with Gasteiger partial charge in [-0.25, -0.2) is 0 Å². The third-order valence-corrected chi connectivity index (χ3v) is 4.90. The molecule has 0 aromatic heterocycles. The van der Waals surface area contributed by atoms with Crippen LogP contribution in [0.15, 0.2) is 0 Å². The molecule has 0 N–H and O–H groups in total. The maximum atomic E-state index is 4.32. The zero-order valence-corrected chi connectivity index (χ0v) is 13.9. The van der Waals surface area contributed by atoms with Gasteiger partial charge in [0.05, 0.1) is 0 Å². The van der Waals surface area contributed by atoms with Crippen molar-refractivity contribution < 1.29 is 0 Å². The summed E-state index contributed by atoms with van der Waals surface area (Å²) in [7, 11) is 0. The fourth-order valence-corrected chi connectivity index (χ4v) is 2.93. The van der Waals surface area contributed by atoms with Gasteiger partial charge < -0.3 is 0 Å². The smallest absolute Gasteiger partial charge is 0.0326 e. The van der Waals surface area contributed by atoms with Gasteiger partial charge in [0.25, 0.3) is 0 Å². The molecule has 0 spiro atoms. The highest BCUT2D eigenvalue weighted by atomic mass is 14.3. The van der Waals surface area contributed by atoms with Crippen molar-refractivity contribution in [2.75, 3.05) is 0 Å². The molecule has 109 valence electrons. The minimum atomic E-state index is 0.493. The largest absolute Gasteiger partial charge is 0.0654 e. The standard InChI is InChI=1S/C18H37/c1-8-13-18(6,7)17(14-16(5)10-3)12-11-15(4)9-2/h15-17H,5,8-14H2,1-4,6-7H3. The molecule has 0 amide bonds. The van der Waals surface area contributed by atoms with Crippen molar-refractivity contribution >= 4 is 0 Å². The van der Waals surface area contributed by atoms with Crippen LogP contribution in [0, 0.1) is 30.1 Å². The normalized spacial score (nSPS) is 17.5. The molecule has 0 saturated heterocycles. The molecule has 0 heteroatoms. The second kappa shape index (κ2) is 8.99. The van der Waals surface area contributed by atoms with Gasteiger partial charge in [0.1, 0.15) is 0 Å². The minimum absolute atomic E-state index is 0.493. The van der Waals surface area contributed by atoms with Crippen LogP contribution in [0.3, 0.4) is 0 Å². The number of rotatable bonds is 10. The van der Waals surface area contributed by atoms with Crippen LogP contribution >= 0.6 is 0 Å². The molecule has 0 aromatic carbocycles. The second-order valence-corrected chi connectivity index (χ2v) is 7.04. The van der Waals surface area contributed by atoms with Gasteiger partial charge >= 0.3 is 0 Å². The van der Waals surface area contributed by atoms with E-state index in [9.17, 15) is 0 Å². The van der Waals surface area contributed by atoms with Gasteiger partial charge in [-0.2, -0.15) is 0 Å². The summed E-state index contributed by atoms with van der Waals surface area (Å²) in [5, 5.41) is 0. The molecule has 0 saturated carbocycles. The minimum Gasteiger partial charge on any atom is -0.0654 e. The summed E-state index contributed by atoms with van der Waals surface area (Å²) < 4.78 is 0. The van der Waals surface area contributed by atoms with E-state index in [0.29, 0.717) is 11.3 Å². The van der Waals surface area contributed by atoms with Gasteiger partial charge in [-0.3, -0.25) is 0 Å². The maximum Gasteiger partial charge on any atom is -0.0326 e. The van der Waals surface area contributed by atoms with Gasteiger partial charge in [-0.05, 0) is 42.4 Å². The third kappa shape index (κ3) is 6.81. The fraction of sp³-hybridized carbons (Fsp3) is 0.944. The van der Waals surface area contributed by atoms with Gasteiger partial charge in [0.2, 0.25) is 0 Å². The van der Waals surface area contributed by atoms with E-state index in [1.165, 1.54) is 44.9 Å². The van der Waals surface area contributed by atoms with Crippen molar-refractivity contribution in [3.05, 3.63) is 6.92 Å². The second-order valence-electron chi connectivity index (χ2n) is 7.04. The van der Waals surface area contributed by atoms with Crippen LogP contribution < -0.4 is 0 Å². The van der Waals surface area contributed by atoms with E-state index < -0.39 is 0 Å². The molecular formula is C18H37. The first-order chi connectivity index (χ1) is 8.37. The van der Waals surface area contributed by atoms with Gasteiger partial charge in [0.15, 0.2) is 0 Å². The maximum absolute atomic E-state index is 4.32. The summed E-state index contributed by atoms with van der Waals surface area (Å²) in [5.74, 6) is 2.38. The van der Waals surface area contributed by atoms with Crippen molar-refractivity contribution in [2.45, 2.75) is 86.5 Å². The van der Waals surface area contributed by atoms with Gasteiger partial charge in [-0.1, -0.05) is 74.1 Å². The zero-order valence-electron chi connectivity index (χ0n) is 13.9. The molecular weight excluding hydrogens is 216 g/mol. The molecule has 0 fully saturated rings. The first-order valence-corrected chi connectivity index (χ1v) is 8.20. The fourth-order valence-electron chi connectivity index (χ4n) is 2.93. The summed E-state index contributed by atoms with van der Waals surface area (Å²) in [6, 6.07) is 0. The lowest BCUT2D eigenvalue weighted by Gasteiger charge is -2.36. The molecule has 1 radical (unpaired) electrons. The van der Waals surface area contributed by atoms with Crippen molar-refractivity contribution in [2.24, 2.45) is 23.2 Å². The van der Waals surface area contributed by atoms with E-state index in [0.717, 1.165) is 11.8 Å². The summed E-state index contributed by atoms with van der Waals surface area (Å²) in [6.07, 6.45) is 9.32. The molecule has 18 heavy (non-hydrogen) atoms. The van der Waals surface area contributed by atoms with E-state index >= 15 is 0 Å². The predicted molar refractivity (Wildman–Crippen MR) is 84.6 cm³/mol. The van der Waals surface area contributed by atoms with Crippen LogP contribution in [0.25, 0.3) is 0 Å². The predicted octanol–water partition coefficient (Wildman–Crippen LogP) is 6.51. The molecule has 0 rings (SSSR count). The van der Waals surface area contributed by atoms with E-state index in [1.54, 1.807) is 0 Å². The Kier molecular flexibility index (Phi) is 8.99. The molecule has 0 aromatic rings. The van der Waals surface area contributed by atoms with Crippen LogP contribution in [0.5, 0.6) is 0 Å². The van der Waals surface area contributed by atoms with Crippen molar-refractivity contribution in [3.8, 4) is 0 Å². The molecule has 0 bridgehead atoms. The van der Waals surface area contributed by atoms with E-state index in [2.05, 4.69) is 48.5 Å². The number of hydrogen-bond donors (Lipinski definition) is 0. The molecule has 0 aliphatic carbocycles. The van der Waals surface area contributed by atoms with Crippen LogP contribution in [-0.2, 0) is 0 Å². The SMILES string of the molecule is [CH2]C(CC)CC(CCC(C)CC)C(C)(C)CCC. The Morgan fingerprint density at radius 3 is 2.06 bits per heavy atom. The van der Waals surface area contributed by atoms with Crippen molar-refractivity contribution in [3.63, 3.8) is 0 Å². The van der Waals surface area contributed by atoms with Gasteiger partial charge in [0, 0.05) is 0 Å². The Bertz CT molecular complexity index is 192. The summed E-state index contributed by atoms with van der Waals surface area (Å²) in [6.45, 7) is 18.6. The van der Waals surface area contributed by atoms with Gasteiger partial charge in [-0.15, -0.1) is 0 Å². The highest BCUT2D eigenvalue weighted by Gasteiger charge is 2.29. The summed E-state index contributed by atoms with van der Waals surface area (Å²) in [4.78, 5) is 0. The van der Waals surface area contributed by atoms with Crippen molar-refractivity contribution in [1.29, 1.82) is 0 Å². The first kappa shape index (κ1) is 18.0. The van der Waals surface area contributed by atoms with Crippen molar-refractivity contribution in [1.82, 2.24) is 0 Å². The summed E-state index contributed by atoms with van der Waals surface area (Å²) >= 11 is 0. The Hall–Kier alpha value is 0. The Morgan fingerprint density at radius 2 is 1.61 bits per heavy atom. The topological polar surface area (TPSA) is 0 Å². The first-order valence-electron chi connectivity index (χ1n) is 8.20. The van der Waals surface area contributed by atoms with Crippen LogP contribution in [0.2, 0.25) is 0 Å². The lowest BCUT2D eigenvalue weighted by Crippen LogP contribution is -2.26. The van der Waals surface area contributed by atoms with E-state index in [4.69, 9.17) is 0 Å². The molecule has 3 unspecified atom stereocenters. The van der Waals surface area contributed by atoms with Crippen LogP contribution in [0.4, 0.5) is 0 Å². The van der Waals surface area contributed by atoms with Crippen LogP contribution in [0.1, 0.15) is 86.5 Å². The molecule has 0 nitrogen and oxygen atoms in total. The lowest BCUT2D eigenvalue weighted by molar-refractivity contribution is 0.146. The monoisotopic (exact) mass is 253 g/mol. The van der Waals surface area contributed by atoms with Crippen LogP contribution in [-0.4, -0.2) is 0 Å². The molecule has 0 aliphatic heterocycles. The van der Waals surface area contributed by atoms with E-state index in [1.807, 2.05) is 0 Å². The lowest BCUT2D eigenvalue weighted by atomic mass is 9.69. The molecule has 0 aliphatic rings. The molecule has 0 heterocycles. The van der Waals surface area contributed by atoms with E-state index in [-0.39, 0.29) is 0 Å². The zero-order chi connectivity index (χ0) is 14.2. The Labute approximate surface area is 117 Å². The third-order valence-electron chi connectivity index (χ3n) is 4.90. The Balaban J connectivity index is 4.50. The average molecular weight is 253 g/mol. The average Bonchev–Trinajstić information content (AvgIpc) is 2.33. The summed E-state index contributed by atoms with van der Waals surface area (Å²) in [5.41, 5.74) is 0.493. The Morgan fingerprint density at radius 1 is 1.00 bits per heavy atom. The quantitative estimate of drug-likeness (QED) is 0.416. The molecule has 3 atom stereocenters.